The Bertz CT molecular complexity index is 2560. The molecular weight excluding hydrogens is 973 g/mol. The SMILES string of the molecule is CC(C)[C@@H]1NC(=O)[C@@H]2CSSC[C@H](NC(=O)[C@H](C)NC(=O)[C@H](NC(=O)c3cnc4ccccc4n3)CNC1=O)C(=O)N[C@@H](C(C)C)C(=O)NC[C@@H](NC(=O)c1cnc3ccccc3n1)C(=O)N[C@@H](C)C(=O)N2. The molecule has 2 aromatic heterocycles. The summed E-state index contributed by atoms with van der Waals surface area (Å²) < 4.78 is 0. The molecule has 2 bridgehead atoms. The Labute approximate surface area is 420 Å². The number of amides is 10. The summed E-state index contributed by atoms with van der Waals surface area (Å²) in [7, 11) is 2.06. The molecule has 24 nitrogen and oxygen atoms in total. The maximum Gasteiger partial charge on any atom is 0.272 e. The smallest absolute Gasteiger partial charge is 0.272 e. The predicted molar refractivity (Wildman–Crippen MR) is 265 cm³/mol. The quantitative estimate of drug-likeness (QED) is 0.0970. The van der Waals surface area contributed by atoms with Crippen molar-refractivity contribution in [1.29, 1.82) is 0 Å². The topological polar surface area (TPSA) is 343 Å². The van der Waals surface area contributed by atoms with Gasteiger partial charge in [0.1, 0.15) is 59.7 Å². The van der Waals surface area contributed by atoms with Crippen molar-refractivity contribution in [3.63, 3.8) is 0 Å². The fourth-order valence-electron chi connectivity index (χ4n) is 7.17. The Balaban J connectivity index is 1.31. The first kappa shape index (κ1) is 53.9. The minimum atomic E-state index is -1.54. The summed E-state index contributed by atoms with van der Waals surface area (Å²) in [5, 5.41) is 25.9. The van der Waals surface area contributed by atoms with Gasteiger partial charge in [0.05, 0.1) is 34.5 Å². The molecule has 2 aliphatic heterocycles. The van der Waals surface area contributed by atoms with Crippen molar-refractivity contribution < 1.29 is 47.9 Å². The van der Waals surface area contributed by atoms with Crippen LogP contribution in [-0.4, -0.2) is 152 Å². The first-order valence-electron chi connectivity index (χ1n) is 23.0. The second kappa shape index (κ2) is 24.6. The fraction of sp³-hybridized carbons (Fsp3) is 0.435. The lowest BCUT2D eigenvalue weighted by Gasteiger charge is -2.29. The van der Waals surface area contributed by atoms with Crippen LogP contribution in [0, 0.1) is 11.8 Å². The van der Waals surface area contributed by atoms with Gasteiger partial charge < -0.3 is 53.2 Å². The molecule has 10 N–H and O–H groups in total. The molecule has 72 heavy (non-hydrogen) atoms. The summed E-state index contributed by atoms with van der Waals surface area (Å²) in [5.41, 5.74) is 1.48. The summed E-state index contributed by atoms with van der Waals surface area (Å²) in [5.74, 6) is -9.88. The number of para-hydroxylation sites is 4. The van der Waals surface area contributed by atoms with Crippen LogP contribution in [0.3, 0.4) is 0 Å². The van der Waals surface area contributed by atoms with Crippen LogP contribution in [0.25, 0.3) is 22.1 Å². The molecule has 2 aliphatic rings. The molecule has 0 unspecified atom stereocenters. The summed E-state index contributed by atoms with van der Waals surface area (Å²) in [4.78, 5) is 156. The standard InChI is InChI=1S/C46H56N14O10S2/c1-21(2)35-45(69)49-17-31(55-41(65)29-15-47-25-11-7-9-13-27(25)53-29)39(63)51-24(6)38(62)58-34-20-72-71-19-33(43(67)59-35)57-37(61)23(5)52-40(64)32(18-50-46(70)36(22(3)4)60-44(34)68)56-42(66)30-16-48-26-12-8-10-14-28(26)54-30/h7-16,21-24,31-36H,17-20H2,1-6H3,(H,49,69)(H,50,70)(H,51,63)(H,52,64)(H,55,65)(H,56,66)(H,57,61)(H,58,62)(H,59,67)(H,60,68)/t23-,24-,31+,32+,33-,34-,35-,36-/m0/s1. The molecular formula is C46H56N14O10S2. The lowest BCUT2D eigenvalue weighted by atomic mass is 10.0. The van der Waals surface area contributed by atoms with E-state index < -0.39 is 132 Å². The third-order valence-corrected chi connectivity index (χ3v) is 13.8. The molecule has 0 saturated carbocycles. The van der Waals surface area contributed by atoms with Gasteiger partial charge in [-0.1, -0.05) is 73.5 Å². The molecule has 6 rings (SSSR count). The van der Waals surface area contributed by atoms with Crippen molar-refractivity contribution in [2.24, 2.45) is 11.8 Å². The van der Waals surface area contributed by atoms with E-state index in [0.717, 1.165) is 21.6 Å². The molecule has 0 aliphatic carbocycles. The van der Waals surface area contributed by atoms with E-state index >= 15 is 0 Å². The molecule has 8 atom stereocenters. The van der Waals surface area contributed by atoms with Crippen molar-refractivity contribution >= 4 is 103 Å². The third-order valence-electron chi connectivity index (χ3n) is 11.4. The number of carbonyl (C=O) groups excluding carboxylic acids is 10. The van der Waals surface area contributed by atoms with Crippen LogP contribution in [0.5, 0.6) is 0 Å². The zero-order valence-electron chi connectivity index (χ0n) is 40.1. The highest BCUT2D eigenvalue weighted by molar-refractivity contribution is 8.76. The Kier molecular flexibility index (Phi) is 18.4. The number of aromatic nitrogens is 4. The first-order valence-corrected chi connectivity index (χ1v) is 25.5. The van der Waals surface area contributed by atoms with Crippen molar-refractivity contribution in [3.05, 3.63) is 72.3 Å². The molecule has 4 heterocycles. The van der Waals surface area contributed by atoms with Gasteiger partial charge in [-0.15, -0.1) is 0 Å². The van der Waals surface area contributed by atoms with Crippen LogP contribution in [0.15, 0.2) is 60.9 Å². The number of carbonyl (C=O) groups is 10. The Morgan fingerprint density at radius 3 is 1.22 bits per heavy atom. The number of nitrogens with one attached hydrogen (secondary N) is 10. The molecule has 2 saturated heterocycles. The van der Waals surface area contributed by atoms with Gasteiger partial charge in [-0.25, -0.2) is 9.97 Å². The zero-order chi connectivity index (χ0) is 52.2. The normalized spacial score (nSPS) is 24.8. The molecule has 0 radical (unpaired) electrons. The number of hydrogen-bond donors (Lipinski definition) is 10. The first-order chi connectivity index (χ1) is 34.3. The number of benzene rings is 2. The number of hydrogen-bond acceptors (Lipinski definition) is 16. The minimum absolute atomic E-state index is 0.158. The van der Waals surface area contributed by atoms with E-state index in [2.05, 4.69) is 73.1 Å². The summed E-state index contributed by atoms with van der Waals surface area (Å²) in [6.07, 6.45) is 2.42. The summed E-state index contributed by atoms with van der Waals surface area (Å²) in [6.45, 7) is 8.15. The van der Waals surface area contributed by atoms with Crippen molar-refractivity contribution in [2.75, 3.05) is 24.6 Å². The second-order valence-corrected chi connectivity index (χ2v) is 20.2. The van der Waals surface area contributed by atoms with Gasteiger partial charge >= 0.3 is 0 Å². The van der Waals surface area contributed by atoms with Crippen LogP contribution in [0.2, 0.25) is 0 Å². The second-order valence-electron chi connectivity index (χ2n) is 17.6. The summed E-state index contributed by atoms with van der Waals surface area (Å²) in [6, 6.07) is 2.50. The molecule has 382 valence electrons. The molecule has 4 aromatic rings. The van der Waals surface area contributed by atoms with Crippen LogP contribution < -0.4 is 53.2 Å². The van der Waals surface area contributed by atoms with Gasteiger partial charge in [-0.05, 0) is 49.9 Å². The molecule has 0 spiro atoms. The maximum absolute atomic E-state index is 14.2. The van der Waals surface area contributed by atoms with Gasteiger partial charge in [0.15, 0.2) is 0 Å². The van der Waals surface area contributed by atoms with Gasteiger partial charge in [0.2, 0.25) is 47.3 Å². The largest absolute Gasteiger partial charge is 0.352 e. The maximum atomic E-state index is 14.2. The van der Waals surface area contributed by atoms with E-state index in [1.807, 2.05) is 0 Å². The van der Waals surface area contributed by atoms with Gasteiger partial charge in [-0.3, -0.25) is 57.9 Å². The van der Waals surface area contributed by atoms with E-state index in [-0.39, 0.29) is 22.9 Å². The van der Waals surface area contributed by atoms with E-state index in [0.29, 0.717) is 22.1 Å². The van der Waals surface area contributed by atoms with E-state index in [1.165, 1.54) is 26.2 Å². The van der Waals surface area contributed by atoms with Crippen LogP contribution >= 0.6 is 21.6 Å². The zero-order valence-corrected chi connectivity index (χ0v) is 41.7. The Morgan fingerprint density at radius 1 is 0.500 bits per heavy atom. The monoisotopic (exact) mass is 1030 g/mol. The van der Waals surface area contributed by atoms with Gasteiger partial charge in [0, 0.05) is 24.6 Å². The van der Waals surface area contributed by atoms with Gasteiger partial charge in [-0.2, -0.15) is 0 Å². The third kappa shape index (κ3) is 14.1. The van der Waals surface area contributed by atoms with Crippen LogP contribution in [0.1, 0.15) is 62.5 Å². The molecule has 2 fully saturated rings. The predicted octanol–water partition coefficient (Wildman–Crippen LogP) is -1.63. The highest BCUT2D eigenvalue weighted by Gasteiger charge is 2.36. The van der Waals surface area contributed by atoms with Crippen LogP contribution in [0.4, 0.5) is 0 Å². The minimum Gasteiger partial charge on any atom is -0.352 e. The van der Waals surface area contributed by atoms with Crippen LogP contribution in [-0.2, 0) is 38.4 Å². The lowest BCUT2D eigenvalue weighted by Crippen LogP contribution is -2.62. The van der Waals surface area contributed by atoms with E-state index in [1.54, 1.807) is 76.2 Å². The lowest BCUT2D eigenvalue weighted by molar-refractivity contribution is -0.134. The Hall–Kier alpha value is -7.48. The van der Waals surface area contributed by atoms with Crippen molar-refractivity contribution in [3.8, 4) is 0 Å². The number of rotatable bonds is 6. The molecule has 2 aromatic carbocycles. The average molecular weight is 1030 g/mol. The van der Waals surface area contributed by atoms with Crippen molar-refractivity contribution in [1.82, 2.24) is 73.1 Å². The number of nitrogens with zero attached hydrogens (tertiary/aromatic N) is 4. The van der Waals surface area contributed by atoms with E-state index in [4.69, 9.17) is 0 Å². The molecule has 26 heteroatoms. The highest BCUT2D eigenvalue weighted by Crippen LogP contribution is 2.24. The molecule has 10 amide bonds. The van der Waals surface area contributed by atoms with Crippen molar-refractivity contribution in [2.45, 2.75) is 89.9 Å². The number of fused-ring (bicyclic) bond motifs is 7. The highest BCUT2D eigenvalue weighted by atomic mass is 33.1. The summed E-state index contributed by atoms with van der Waals surface area (Å²) >= 11 is 0. The average Bonchev–Trinajstić information content (AvgIpc) is 3.35. The van der Waals surface area contributed by atoms with Gasteiger partial charge in [0.25, 0.3) is 11.8 Å². The van der Waals surface area contributed by atoms with E-state index in [9.17, 15) is 47.9 Å². The fourth-order valence-corrected chi connectivity index (χ4v) is 9.50. The Morgan fingerprint density at radius 2 is 0.861 bits per heavy atom.